The van der Waals surface area contributed by atoms with E-state index >= 15 is 0 Å². The van der Waals surface area contributed by atoms with Gasteiger partial charge in [-0.3, -0.25) is 9.59 Å². The van der Waals surface area contributed by atoms with Crippen molar-refractivity contribution >= 4 is 90.6 Å². The number of nitrogens with zero attached hydrogens (tertiary/aromatic N) is 10. The standard InChI is InChI=1S/C29H35N7O2.C26H33N7O.C3H3ClO/c1-7-28(37)31-23-17-24(27(38-6)18-26(23)35(4)16-15-34(3)8-2)33-29-30-14-13-22(32-29)21-19-36(5)25-12-10-9-11-20(21)25;1-6-31(2)13-14-32(3)24-16-25(34-5)22(15-20(24)27)30-26-28-12-11-21(29-26)19-17-33(4)23-10-8-7-9-18(19)23;1-2-3(4)5/h7,9-14,17-19H,1,8,15-16H2,2-6H3,(H,31,37)(H,30,32,33);7-12,15-17H,6,13-14,27H2,1-5H3,(H,28,29,30);2H,1H2. The number of aryl methyl sites for hydroxylation is 2. The maximum Gasteiger partial charge on any atom is 0.247 e. The molecule has 0 saturated heterocycles. The number of hydrogen-bond donors (Lipinski definition) is 4. The molecule has 0 unspecified atom stereocenters. The monoisotopic (exact) mass is 1060 g/mol. The van der Waals surface area contributed by atoms with Crippen molar-refractivity contribution in [1.29, 1.82) is 0 Å². The van der Waals surface area contributed by atoms with Crippen molar-refractivity contribution in [3.63, 3.8) is 0 Å². The van der Waals surface area contributed by atoms with E-state index in [2.05, 4.69) is 132 Å². The number of allylic oxidation sites excluding steroid dienone is 1. The molecule has 8 rings (SSSR count). The van der Waals surface area contributed by atoms with Gasteiger partial charge in [0, 0.05) is 124 Å². The molecule has 404 valence electrons. The molecule has 4 aromatic heterocycles. The molecule has 0 aliphatic heterocycles. The second-order valence-electron chi connectivity index (χ2n) is 18.1. The fourth-order valence-electron chi connectivity index (χ4n) is 8.29. The van der Waals surface area contributed by atoms with E-state index in [1.807, 2.05) is 88.9 Å². The predicted octanol–water partition coefficient (Wildman–Crippen LogP) is 10.2. The van der Waals surface area contributed by atoms with Crippen molar-refractivity contribution in [2.75, 3.05) is 113 Å². The van der Waals surface area contributed by atoms with E-state index in [1.54, 1.807) is 26.6 Å². The molecule has 0 aliphatic rings. The molecule has 4 aromatic carbocycles. The number of amides is 1. The highest BCUT2D eigenvalue weighted by atomic mass is 35.5. The molecule has 0 bridgehead atoms. The van der Waals surface area contributed by atoms with Crippen LogP contribution in [0.5, 0.6) is 11.5 Å². The fraction of sp³-hybridized carbons (Fsp3) is 0.276. The zero-order valence-electron chi connectivity index (χ0n) is 45.8. The van der Waals surface area contributed by atoms with Gasteiger partial charge in [-0.05, 0) is 87.3 Å². The Morgan fingerprint density at radius 3 is 1.53 bits per heavy atom. The third-order valence-electron chi connectivity index (χ3n) is 13.0. The van der Waals surface area contributed by atoms with Crippen LogP contribution in [0, 0.1) is 0 Å². The highest BCUT2D eigenvalue weighted by Crippen LogP contribution is 2.39. The van der Waals surface area contributed by atoms with E-state index < -0.39 is 5.24 Å². The van der Waals surface area contributed by atoms with Crippen LogP contribution in [0.2, 0.25) is 0 Å². The molecule has 0 fully saturated rings. The summed E-state index contributed by atoms with van der Waals surface area (Å²) in [5.41, 5.74) is 16.8. The van der Waals surface area contributed by atoms with E-state index in [-0.39, 0.29) is 5.91 Å². The van der Waals surface area contributed by atoms with E-state index in [9.17, 15) is 9.59 Å². The number of nitrogen functional groups attached to an aromatic ring is 1. The van der Waals surface area contributed by atoms with Crippen LogP contribution in [0.4, 0.5) is 46.0 Å². The van der Waals surface area contributed by atoms with Crippen molar-refractivity contribution in [2.24, 2.45) is 14.1 Å². The molecule has 4 heterocycles. The summed E-state index contributed by atoms with van der Waals surface area (Å²) in [6.07, 6.45) is 9.95. The minimum absolute atomic E-state index is 0.296. The van der Waals surface area contributed by atoms with Gasteiger partial charge in [-0.1, -0.05) is 63.4 Å². The summed E-state index contributed by atoms with van der Waals surface area (Å²) in [6, 6.07) is 27.9. The van der Waals surface area contributed by atoms with Gasteiger partial charge in [0.1, 0.15) is 11.5 Å². The number of ether oxygens (including phenoxy) is 2. The largest absolute Gasteiger partial charge is 0.494 e. The van der Waals surface area contributed by atoms with Gasteiger partial charge in [-0.25, -0.2) is 19.9 Å². The van der Waals surface area contributed by atoms with Crippen LogP contribution in [-0.2, 0) is 23.7 Å². The van der Waals surface area contributed by atoms with Gasteiger partial charge >= 0.3 is 0 Å². The number of fused-ring (bicyclic) bond motifs is 2. The molecular formula is C58H71ClN14O4. The number of carbonyl (C=O) groups is 2. The number of nitrogens with two attached hydrogens (primary N) is 1. The number of benzene rings is 4. The van der Waals surface area contributed by atoms with Gasteiger partial charge in [0.2, 0.25) is 23.0 Å². The van der Waals surface area contributed by atoms with Crippen LogP contribution in [0.15, 0.2) is 135 Å². The molecule has 18 nitrogen and oxygen atoms in total. The maximum atomic E-state index is 12.3. The lowest BCUT2D eigenvalue weighted by atomic mass is 10.1. The first-order valence-corrected chi connectivity index (χ1v) is 25.4. The molecule has 0 atom stereocenters. The van der Waals surface area contributed by atoms with Crippen molar-refractivity contribution in [3.05, 3.63) is 135 Å². The quantitative estimate of drug-likeness (QED) is 0.0302. The average molecular weight is 1060 g/mol. The number of rotatable bonds is 21. The summed E-state index contributed by atoms with van der Waals surface area (Å²) in [7, 11) is 15.5. The SMILES string of the molecule is C=CC(=O)Cl.C=CC(=O)Nc1cc(Nc2nccc(-c3cn(C)c4ccccc34)n2)c(OC)cc1N(C)CCN(C)CC.CCN(C)CCN(C)c1cc(OC)c(Nc2nccc(-c3cn(C)c4ccccc34)n2)cc1N. The third kappa shape index (κ3) is 14.9. The van der Waals surface area contributed by atoms with Crippen molar-refractivity contribution in [2.45, 2.75) is 13.8 Å². The molecule has 0 saturated carbocycles. The minimum Gasteiger partial charge on any atom is -0.494 e. The van der Waals surface area contributed by atoms with Gasteiger partial charge in [-0.2, -0.15) is 0 Å². The Bertz CT molecular complexity index is 3320. The topological polar surface area (TPSA) is 189 Å². The first kappa shape index (κ1) is 57.8. The Morgan fingerprint density at radius 1 is 0.649 bits per heavy atom. The lowest BCUT2D eigenvalue weighted by molar-refractivity contribution is -0.112. The molecule has 8 aromatic rings. The fourth-order valence-corrected chi connectivity index (χ4v) is 8.29. The second kappa shape index (κ2) is 27.4. The number of aromatic nitrogens is 6. The predicted molar refractivity (Wildman–Crippen MR) is 318 cm³/mol. The van der Waals surface area contributed by atoms with Crippen molar-refractivity contribution in [3.8, 4) is 34.0 Å². The molecule has 19 heteroatoms. The molecular weight excluding hydrogens is 992 g/mol. The zero-order valence-corrected chi connectivity index (χ0v) is 46.5. The van der Waals surface area contributed by atoms with Crippen LogP contribution < -0.4 is 41.0 Å². The zero-order chi connectivity index (χ0) is 55.8. The summed E-state index contributed by atoms with van der Waals surface area (Å²) in [4.78, 5) is 48.9. The van der Waals surface area contributed by atoms with E-state index in [0.717, 1.165) is 107 Å². The molecule has 77 heavy (non-hydrogen) atoms. The van der Waals surface area contributed by atoms with E-state index in [0.29, 0.717) is 40.5 Å². The molecule has 0 aliphatic carbocycles. The summed E-state index contributed by atoms with van der Waals surface area (Å²) < 4.78 is 15.6. The number of methoxy groups -OCH3 is 2. The third-order valence-corrected chi connectivity index (χ3v) is 13.1. The summed E-state index contributed by atoms with van der Waals surface area (Å²) in [6.45, 7) is 16.4. The Hall–Kier alpha value is -8.45. The lowest BCUT2D eigenvalue weighted by Gasteiger charge is -2.26. The smallest absolute Gasteiger partial charge is 0.247 e. The Balaban J connectivity index is 0.000000230. The Labute approximate surface area is 456 Å². The maximum absolute atomic E-state index is 12.3. The van der Waals surface area contributed by atoms with Crippen LogP contribution >= 0.6 is 11.6 Å². The normalized spacial score (nSPS) is 10.8. The number of halogens is 1. The van der Waals surface area contributed by atoms with Crippen molar-refractivity contribution in [1.82, 2.24) is 38.9 Å². The number of nitrogens with one attached hydrogen (secondary N) is 3. The molecule has 0 spiro atoms. The van der Waals surface area contributed by atoms with Gasteiger partial charge < -0.3 is 59.9 Å². The Morgan fingerprint density at radius 2 is 1.09 bits per heavy atom. The number of anilines is 8. The van der Waals surface area contributed by atoms with Gasteiger partial charge in [0.25, 0.3) is 0 Å². The minimum atomic E-state index is -0.509. The highest BCUT2D eigenvalue weighted by molar-refractivity contribution is 6.66. The van der Waals surface area contributed by atoms with Crippen LogP contribution in [-0.4, -0.2) is 132 Å². The summed E-state index contributed by atoms with van der Waals surface area (Å²) in [5.74, 6) is 1.88. The van der Waals surface area contributed by atoms with Crippen LogP contribution in [0.25, 0.3) is 44.3 Å². The first-order valence-electron chi connectivity index (χ1n) is 25.1. The van der Waals surface area contributed by atoms with E-state index in [1.165, 1.54) is 6.08 Å². The number of hydrogen-bond acceptors (Lipinski definition) is 15. The summed E-state index contributed by atoms with van der Waals surface area (Å²) >= 11 is 4.71. The summed E-state index contributed by atoms with van der Waals surface area (Å²) in [5, 5.41) is 11.3. The van der Waals surface area contributed by atoms with Crippen LogP contribution in [0.3, 0.4) is 0 Å². The second-order valence-corrected chi connectivity index (χ2v) is 18.5. The van der Waals surface area contributed by atoms with Gasteiger partial charge in [0.15, 0.2) is 0 Å². The van der Waals surface area contributed by atoms with E-state index in [4.69, 9.17) is 36.8 Å². The molecule has 0 radical (unpaired) electrons. The Kier molecular flexibility index (Phi) is 20.6. The first-order chi connectivity index (χ1) is 37.0. The van der Waals surface area contributed by atoms with Crippen LogP contribution in [0.1, 0.15) is 13.8 Å². The van der Waals surface area contributed by atoms with Gasteiger partial charge in [0.05, 0.1) is 59.7 Å². The van der Waals surface area contributed by atoms with Crippen molar-refractivity contribution < 1.29 is 19.1 Å². The number of carbonyl (C=O) groups excluding carboxylic acids is 2. The molecule has 1 amide bonds. The lowest BCUT2D eigenvalue weighted by Crippen LogP contribution is -2.31. The molecule has 5 N–H and O–H groups in total. The van der Waals surface area contributed by atoms with Gasteiger partial charge in [-0.15, -0.1) is 0 Å². The number of para-hydroxylation sites is 2. The average Bonchev–Trinajstić information content (AvgIpc) is 3.99. The number of likely N-dealkylation sites (N-methyl/N-ethyl adjacent to an activating group) is 4. The highest BCUT2D eigenvalue weighted by Gasteiger charge is 2.19.